The van der Waals surface area contributed by atoms with Gasteiger partial charge in [0.2, 0.25) is 5.89 Å². The van der Waals surface area contributed by atoms with Crippen molar-refractivity contribution in [2.75, 3.05) is 4.72 Å². The normalized spacial score (nSPS) is 11.6. The number of nitrogens with zero attached hydrogens (tertiary/aromatic N) is 1. The molecule has 0 aliphatic rings. The van der Waals surface area contributed by atoms with Gasteiger partial charge in [-0.15, -0.1) is 0 Å². The Kier molecular flexibility index (Phi) is 4.41. The Labute approximate surface area is 157 Å². The van der Waals surface area contributed by atoms with Crippen LogP contribution >= 0.6 is 0 Å². The van der Waals surface area contributed by atoms with Gasteiger partial charge in [0.1, 0.15) is 5.52 Å². The van der Waals surface area contributed by atoms with Gasteiger partial charge in [-0.2, -0.15) is 0 Å². The summed E-state index contributed by atoms with van der Waals surface area (Å²) in [6.45, 7) is 2.03. The van der Waals surface area contributed by atoms with Crippen LogP contribution in [0, 0.1) is 0 Å². The highest BCUT2D eigenvalue weighted by molar-refractivity contribution is 7.92. The molecular weight excluding hydrogens is 360 g/mol. The number of sulfonamides is 1. The number of hydrogen-bond acceptors (Lipinski definition) is 4. The van der Waals surface area contributed by atoms with Gasteiger partial charge in [-0.05, 0) is 54.4 Å². The molecule has 0 saturated carbocycles. The first-order valence-electron chi connectivity index (χ1n) is 8.63. The van der Waals surface area contributed by atoms with E-state index in [0.717, 1.165) is 17.5 Å². The summed E-state index contributed by atoms with van der Waals surface area (Å²) in [5, 5.41) is 0. The number of hydrogen-bond donors (Lipinski definition) is 1. The Bertz CT molecular complexity index is 1180. The third-order valence-electron chi connectivity index (χ3n) is 4.30. The van der Waals surface area contributed by atoms with Crippen molar-refractivity contribution in [3.63, 3.8) is 0 Å². The van der Waals surface area contributed by atoms with E-state index in [1.165, 1.54) is 0 Å². The molecule has 3 aromatic carbocycles. The van der Waals surface area contributed by atoms with Crippen molar-refractivity contribution >= 4 is 26.8 Å². The number of oxazole rings is 1. The minimum absolute atomic E-state index is 0.227. The summed E-state index contributed by atoms with van der Waals surface area (Å²) in [4.78, 5) is 4.69. The second-order valence-corrected chi connectivity index (χ2v) is 7.85. The number of benzene rings is 3. The van der Waals surface area contributed by atoms with Gasteiger partial charge in [-0.25, -0.2) is 13.4 Å². The molecular formula is C21H18N2O3S. The first kappa shape index (κ1) is 17.3. The summed E-state index contributed by atoms with van der Waals surface area (Å²) in [6, 6.07) is 21.5. The van der Waals surface area contributed by atoms with Gasteiger partial charge < -0.3 is 4.42 Å². The minimum atomic E-state index is -3.66. The molecule has 1 heterocycles. The van der Waals surface area contributed by atoms with E-state index in [1.807, 2.05) is 49.4 Å². The number of aryl methyl sites for hydroxylation is 1. The third kappa shape index (κ3) is 3.57. The smallest absolute Gasteiger partial charge is 0.261 e. The number of fused-ring (bicyclic) bond motifs is 1. The van der Waals surface area contributed by atoms with Crippen LogP contribution < -0.4 is 4.72 Å². The molecule has 0 saturated heterocycles. The van der Waals surface area contributed by atoms with Crippen molar-refractivity contribution in [1.82, 2.24) is 4.98 Å². The topological polar surface area (TPSA) is 72.2 Å². The average Bonchev–Trinajstić information content (AvgIpc) is 3.12. The molecule has 4 rings (SSSR count). The van der Waals surface area contributed by atoms with E-state index in [4.69, 9.17) is 4.42 Å². The van der Waals surface area contributed by atoms with E-state index < -0.39 is 10.0 Å². The molecule has 0 unspecified atom stereocenters. The van der Waals surface area contributed by atoms with Crippen molar-refractivity contribution in [3.8, 4) is 11.5 Å². The lowest BCUT2D eigenvalue weighted by atomic mass is 10.2. The van der Waals surface area contributed by atoms with Crippen molar-refractivity contribution in [1.29, 1.82) is 0 Å². The zero-order valence-electron chi connectivity index (χ0n) is 14.7. The first-order valence-corrected chi connectivity index (χ1v) is 10.1. The molecule has 0 fully saturated rings. The van der Waals surface area contributed by atoms with Crippen molar-refractivity contribution in [2.45, 2.75) is 18.2 Å². The Balaban J connectivity index is 1.63. The summed E-state index contributed by atoms with van der Waals surface area (Å²) >= 11 is 0. The Morgan fingerprint density at radius 3 is 2.41 bits per heavy atom. The zero-order chi connectivity index (χ0) is 18.9. The van der Waals surface area contributed by atoms with E-state index in [-0.39, 0.29) is 4.90 Å². The van der Waals surface area contributed by atoms with Crippen LogP contribution in [0.1, 0.15) is 12.5 Å². The molecule has 0 spiro atoms. The van der Waals surface area contributed by atoms with E-state index in [2.05, 4.69) is 9.71 Å². The highest BCUT2D eigenvalue weighted by Gasteiger charge is 2.15. The van der Waals surface area contributed by atoms with Crippen LogP contribution in [0.25, 0.3) is 22.6 Å². The fourth-order valence-electron chi connectivity index (χ4n) is 2.81. The molecule has 27 heavy (non-hydrogen) atoms. The Morgan fingerprint density at radius 1 is 0.963 bits per heavy atom. The van der Waals surface area contributed by atoms with Crippen LogP contribution in [0.2, 0.25) is 0 Å². The summed E-state index contributed by atoms with van der Waals surface area (Å²) in [5.74, 6) is 0.501. The molecule has 5 nitrogen and oxygen atoms in total. The summed E-state index contributed by atoms with van der Waals surface area (Å²) in [6.07, 6.45) is 0.861. The fraction of sp³-hybridized carbons (Fsp3) is 0.0952. The van der Waals surface area contributed by atoms with Gasteiger partial charge in [0.05, 0.1) is 10.6 Å². The van der Waals surface area contributed by atoms with Gasteiger partial charge in [-0.1, -0.05) is 37.3 Å². The second-order valence-electron chi connectivity index (χ2n) is 6.17. The summed E-state index contributed by atoms with van der Waals surface area (Å²) in [5.41, 5.74) is 3.59. The molecule has 4 aromatic rings. The maximum Gasteiger partial charge on any atom is 0.261 e. The van der Waals surface area contributed by atoms with Gasteiger partial charge in [0.25, 0.3) is 10.0 Å². The molecule has 0 radical (unpaired) electrons. The van der Waals surface area contributed by atoms with E-state index in [1.54, 1.807) is 30.3 Å². The van der Waals surface area contributed by atoms with Crippen LogP contribution in [-0.4, -0.2) is 13.4 Å². The van der Waals surface area contributed by atoms with Crippen LogP contribution in [0.5, 0.6) is 0 Å². The van der Waals surface area contributed by atoms with Crippen LogP contribution in [0.4, 0.5) is 5.69 Å². The van der Waals surface area contributed by atoms with Crippen molar-refractivity contribution in [2.24, 2.45) is 0 Å². The maximum absolute atomic E-state index is 12.6. The van der Waals surface area contributed by atoms with Gasteiger partial charge in [0.15, 0.2) is 5.58 Å². The Morgan fingerprint density at radius 2 is 1.70 bits per heavy atom. The second kappa shape index (κ2) is 6.89. The average molecular weight is 378 g/mol. The number of rotatable bonds is 5. The van der Waals surface area contributed by atoms with E-state index in [0.29, 0.717) is 22.7 Å². The standard InChI is InChI=1S/C21H18N2O3S/c1-2-15-8-11-18(12-9-15)27(24,25)23-17-10-13-20-19(14-17)22-21(26-20)16-6-4-3-5-7-16/h3-14,23H,2H2,1H3. The highest BCUT2D eigenvalue weighted by Crippen LogP contribution is 2.27. The molecule has 1 N–H and O–H groups in total. The highest BCUT2D eigenvalue weighted by atomic mass is 32.2. The van der Waals surface area contributed by atoms with Crippen molar-refractivity contribution in [3.05, 3.63) is 78.4 Å². The van der Waals surface area contributed by atoms with Gasteiger partial charge in [0, 0.05) is 5.56 Å². The lowest BCUT2D eigenvalue weighted by Crippen LogP contribution is -2.12. The molecule has 0 bridgehead atoms. The van der Waals surface area contributed by atoms with Crippen LogP contribution in [0.3, 0.4) is 0 Å². The largest absolute Gasteiger partial charge is 0.436 e. The molecule has 1 aromatic heterocycles. The fourth-order valence-corrected chi connectivity index (χ4v) is 3.86. The zero-order valence-corrected chi connectivity index (χ0v) is 15.5. The number of nitrogens with one attached hydrogen (secondary N) is 1. The number of aromatic nitrogens is 1. The monoisotopic (exact) mass is 378 g/mol. The molecule has 136 valence electrons. The summed E-state index contributed by atoms with van der Waals surface area (Å²) in [7, 11) is -3.66. The van der Waals surface area contributed by atoms with E-state index in [9.17, 15) is 8.42 Å². The molecule has 0 aliphatic heterocycles. The number of anilines is 1. The minimum Gasteiger partial charge on any atom is -0.436 e. The van der Waals surface area contributed by atoms with E-state index >= 15 is 0 Å². The van der Waals surface area contributed by atoms with Crippen LogP contribution in [0.15, 0.2) is 82.1 Å². The first-order chi connectivity index (χ1) is 13.0. The Hall–Kier alpha value is -3.12. The molecule has 0 amide bonds. The molecule has 0 aliphatic carbocycles. The van der Waals surface area contributed by atoms with Gasteiger partial charge >= 0.3 is 0 Å². The SMILES string of the molecule is CCc1ccc(S(=O)(=O)Nc2ccc3oc(-c4ccccc4)nc3c2)cc1. The van der Waals surface area contributed by atoms with Crippen molar-refractivity contribution < 1.29 is 12.8 Å². The van der Waals surface area contributed by atoms with Gasteiger partial charge in [-0.3, -0.25) is 4.72 Å². The lowest BCUT2D eigenvalue weighted by molar-refractivity contribution is 0.601. The maximum atomic E-state index is 12.6. The van der Waals surface area contributed by atoms with Crippen LogP contribution in [-0.2, 0) is 16.4 Å². The summed E-state index contributed by atoms with van der Waals surface area (Å²) < 4.78 is 33.6. The predicted molar refractivity (Wildman–Crippen MR) is 106 cm³/mol. The molecule has 0 atom stereocenters. The third-order valence-corrected chi connectivity index (χ3v) is 5.70. The molecule has 6 heteroatoms. The lowest BCUT2D eigenvalue weighted by Gasteiger charge is -2.08. The quantitative estimate of drug-likeness (QED) is 0.538. The predicted octanol–water partition coefficient (Wildman–Crippen LogP) is 4.86.